The van der Waals surface area contributed by atoms with E-state index >= 15 is 0 Å². The molecule has 172 valence electrons. The number of rotatable bonds is 5. The molecule has 0 fully saturated rings. The minimum atomic E-state index is -1.02. The Labute approximate surface area is 192 Å². The molecule has 0 saturated heterocycles. The first-order valence-electron chi connectivity index (χ1n) is 10.7. The summed E-state index contributed by atoms with van der Waals surface area (Å²) in [6, 6.07) is 13.5. The molecule has 0 saturated carbocycles. The van der Waals surface area contributed by atoms with E-state index in [9.17, 15) is 14.4 Å². The molecule has 1 unspecified atom stereocenters. The number of aliphatic hydroxyl groups excluding tert-OH is 1. The maximum absolute atomic E-state index is 12.9. The Morgan fingerprint density at radius 1 is 1.21 bits per heavy atom. The van der Waals surface area contributed by atoms with Crippen LogP contribution in [0.2, 0.25) is 0 Å². The highest BCUT2D eigenvalue weighted by Gasteiger charge is 2.32. The first-order valence-corrected chi connectivity index (χ1v) is 10.7. The Kier molecular flexibility index (Phi) is 8.06. The van der Waals surface area contributed by atoms with Crippen LogP contribution in [-0.4, -0.2) is 55.2 Å². The van der Waals surface area contributed by atoms with Gasteiger partial charge in [-0.2, -0.15) is 0 Å². The van der Waals surface area contributed by atoms with E-state index in [1.807, 2.05) is 37.3 Å². The van der Waals surface area contributed by atoms with Crippen molar-refractivity contribution in [3.8, 4) is 17.6 Å². The molecule has 2 aromatic rings. The third-order valence-corrected chi connectivity index (χ3v) is 5.10. The number of benzene rings is 2. The zero-order chi connectivity index (χ0) is 23.8. The minimum Gasteiger partial charge on any atom is -0.489 e. The van der Waals surface area contributed by atoms with E-state index < -0.39 is 23.8 Å². The number of anilines is 1. The topological polar surface area (TPSA) is 108 Å². The van der Waals surface area contributed by atoms with Crippen molar-refractivity contribution in [2.45, 2.75) is 31.8 Å². The average molecular weight is 450 g/mol. The Balaban J connectivity index is 1.62. The van der Waals surface area contributed by atoms with Crippen molar-refractivity contribution in [3.63, 3.8) is 0 Å². The average Bonchev–Trinajstić information content (AvgIpc) is 2.92. The molecule has 0 aliphatic carbocycles. The number of aliphatic hydroxyl groups is 1. The van der Waals surface area contributed by atoms with Gasteiger partial charge in [0.15, 0.2) is 0 Å². The standard InChI is InChI=1S/C25H27N3O5/c1-17(14-18-8-4-3-5-9-18)26-23(30)24(31)27-20-16-33-22-12-11-19(10-6-7-13-29)15-21(22)28(2)25(20)32/h3-5,8-9,11-12,15,17,20,29H,7,13-14,16H2,1-2H3,(H,26,30)(H,27,31)/t17?,20-/m0/s1. The smallest absolute Gasteiger partial charge is 0.310 e. The van der Waals surface area contributed by atoms with Gasteiger partial charge in [0, 0.05) is 25.1 Å². The highest BCUT2D eigenvalue weighted by molar-refractivity contribution is 6.35. The number of hydrogen-bond donors (Lipinski definition) is 3. The third kappa shape index (κ3) is 6.34. The van der Waals surface area contributed by atoms with Crippen molar-refractivity contribution in [1.82, 2.24) is 10.6 Å². The van der Waals surface area contributed by atoms with Gasteiger partial charge in [-0.05, 0) is 37.1 Å². The molecule has 0 spiro atoms. The summed E-state index contributed by atoms with van der Waals surface area (Å²) in [5.74, 6) is 4.11. The Morgan fingerprint density at radius 3 is 2.70 bits per heavy atom. The second-order valence-corrected chi connectivity index (χ2v) is 7.76. The zero-order valence-electron chi connectivity index (χ0n) is 18.6. The maximum Gasteiger partial charge on any atom is 0.310 e. The number of carbonyl (C=O) groups excluding carboxylic acids is 3. The van der Waals surface area contributed by atoms with E-state index in [0.29, 0.717) is 29.8 Å². The number of hydrogen-bond acceptors (Lipinski definition) is 5. The van der Waals surface area contributed by atoms with Crippen molar-refractivity contribution in [1.29, 1.82) is 0 Å². The second-order valence-electron chi connectivity index (χ2n) is 7.76. The van der Waals surface area contributed by atoms with E-state index in [0.717, 1.165) is 5.56 Å². The predicted octanol–water partition coefficient (Wildman–Crippen LogP) is 1.01. The Morgan fingerprint density at radius 2 is 1.97 bits per heavy atom. The number of carbonyl (C=O) groups is 3. The molecule has 1 aliphatic rings. The van der Waals surface area contributed by atoms with E-state index in [4.69, 9.17) is 9.84 Å². The van der Waals surface area contributed by atoms with E-state index in [-0.39, 0.29) is 19.3 Å². The summed E-state index contributed by atoms with van der Waals surface area (Å²) in [5.41, 5.74) is 2.21. The van der Waals surface area contributed by atoms with Crippen molar-refractivity contribution in [3.05, 3.63) is 59.7 Å². The van der Waals surface area contributed by atoms with Crippen LogP contribution in [0.15, 0.2) is 48.5 Å². The Bertz CT molecular complexity index is 1070. The number of amides is 3. The summed E-state index contributed by atoms with van der Waals surface area (Å²) < 4.78 is 5.73. The fraction of sp³-hybridized carbons (Fsp3) is 0.320. The van der Waals surface area contributed by atoms with Crippen LogP contribution < -0.4 is 20.3 Å². The van der Waals surface area contributed by atoms with Crippen LogP contribution in [0, 0.1) is 11.8 Å². The second kappa shape index (κ2) is 11.2. The van der Waals surface area contributed by atoms with Crippen LogP contribution in [0.4, 0.5) is 5.69 Å². The summed E-state index contributed by atoms with van der Waals surface area (Å²) in [6.45, 7) is 1.67. The summed E-state index contributed by atoms with van der Waals surface area (Å²) in [6.07, 6.45) is 0.926. The number of likely N-dealkylation sites (N-methyl/N-ethyl adjacent to an activating group) is 1. The van der Waals surface area contributed by atoms with Crippen molar-refractivity contribution < 1.29 is 24.2 Å². The lowest BCUT2D eigenvalue weighted by Gasteiger charge is -2.21. The largest absolute Gasteiger partial charge is 0.489 e. The SMILES string of the molecule is CC(Cc1ccccc1)NC(=O)C(=O)N[C@H]1COc2ccc(C#CCCO)cc2N(C)C1=O. The highest BCUT2D eigenvalue weighted by Crippen LogP contribution is 2.31. The molecule has 3 amide bonds. The molecule has 0 radical (unpaired) electrons. The van der Waals surface area contributed by atoms with Crippen molar-refractivity contribution in [2.24, 2.45) is 0 Å². The summed E-state index contributed by atoms with van der Waals surface area (Å²) in [4.78, 5) is 39.1. The number of fused-ring (bicyclic) bond motifs is 1. The summed E-state index contributed by atoms with van der Waals surface area (Å²) >= 11 is 0. The number of nitrogens with zero attached hydrogens (tertiary/aromatic N) is 1. The lowest BCUT2D eigenvalue weighted by Crippen LogP contribution is -2.54. The molecule has 8 heteroatoms. The van der Waals surface area contributed by atoms with E-state index in [2.05, 4.69) is 22.5 Å². The molecule has 33 heavy (non-hydrogen) atoms. The first-order chi connectivity index (χ1) is 15.9. The van der Waals surface area contributed by atoms with Gasteiger partial charge in [-0.3, -0.25) is 14.4 Å². The molecule has 1 aliphatic heterocycles. The van der Waals surface area contributed by atoms with Crippen molar-refractivity contribution >= 4 is 23.4 Å². The van der Waals surface area contributed by atoms with Crippen LogP contribution in [0.3, 0.4) is 0 Å². The fourth-order valence-corrected chi connectivity index (χ4v) is 3.43. The quantitative estimate of drug-likeness (QED) is 0.467. The molecule has 0 aromatic heterocycles. The van der Waals surface area contributed by atoms with Gasteiger partial charge in [-0.1, -0.05) is 42.2 Å². The summed E-state index contributed by atoms with van der Waals surface area (Å²) in [7, 11) is 1.57. The van der Waals surface area contributed by atoms with Crippen LogP contribution >= 0.6 is 0 Å². The molecular formula is C25H27N3O5. The number of ether oxygens (including phenoxy) is 1. The molecule has 1 heterocycles. The van der Waals surface area contributed by atoms with Crippen molar-refractivity contribution in [2.75, 3.05) is 25.2 Å². The van der Waals surface area contributed by atoms with Crippen LogP contribution in [0.5, 0.6) is 5.75 Å². The van der Waals surface area contributed by atoms with Gasteiger partial charge < -0.3 is 25.4 Å². The molecule has 3 rings (SSSR count). The van der Waals surface area contributed by atoms with E-state index in [1.165, 1.54) is 4.90 Å². The van der Waals surface area contributed by atoms with Gasteiger partial charge in [0.25, 0.3) is 5.91 Å². The number of nitrogens with one attached hydrogen (secondary N) is 2. The summed E-state index contributed by atoms with van der Waals surface area (Å²) in [5, 5.41) is 14.0. The molecule has 3 N–H and O–H groups in total. The Hall–Kier alpha value is -3.83. The lowest BCUT2D eigenvalue weighted by atomic mass is 10.1. The monoisotopic (exact) mass is 449 g/mol. The predicted molar refractivity (Wildman–Crippen MR) is 124 cm³/mol. The lowest BCUT2D eigenvalue weighted by molar-refractivity contribution is -0.141. The molecular weight excluding hydrogens is 422 g/mol. The molecule has 2 aromatic carbocycles. The first kappa shape index (κ1) is 23.8. The molecule has 0 bridgehead atoms. The van der Waals surface area contributed by atoms with Crippen LogP contribution in [0.1, 0.15) is 24.5 Å². The van der Waals surface area contributed by atoms with Crippen LogP contribution in [-0.2, 0) is 20.8 Å². The van der Waals surface area contributed by atoms with Gasteiger partial charge in [0.2, 0.25) is 0 Å². The van der Waals surface area contributed by atoms with Gasteiger partial charge >= 0.3 is 11.8 Å². The fourth-order valence-electron chi connectivity index (χ4n) is 3.43. The zero-order valence-corrected chi connectivity index (χ0v) is 18.6. The third-order valence-electron chi connectivity index (χ3n) is 5.10. The van der Waals surface area contributed by atoms with Gasteiger partial charge in [-0.15, -0.1) is 0 Å². The molecule has 8 nitrogen and oxygen atoms in total. The van der Waals surface area contributed by atoms with Gasteiger partial charge in [0.05, 0.1) is 12.3 Å². The minimum absolute atomic E-state index is 0.0283. The highest BCUT2D eigenvalue weighted by atomic mass is 16.5. The molecule has 2 atom stereocenters. The van der Waals surface area contributed by atoms with Crippen LogP contribution in [0.25, 0.3) is 0 Å². The normalized spacial score (nSPS) is 15.8. The van der Waals surface area contributed by atoms with Gasteiger partial charge in [0.1, 0.15) is 18.4 Å². The van der Waals surface area contributed by atoms with Gasteiger partial charge in [-0.25, -0.2) is 0 Å². The maximum atomic E-state index is 12.9. The van der Waals surface area contributed by atoms with E-state index in [1.54, 1.807) is 25.2 Å².